The first kappa shape index (κ1) is 14.3. The zero-order valence-corrected chi connectivity index (χ0v) is 11.4. The van der Waals surface area contributed by atoms with Gasteiger partial charge in [0.1, 0.15) is 5.75 Å². The molecule has 0 spiro atoms. The second kappa shape index (κ2) is 6.38. The largest absolute Gasteiger partial charge is 0.483 e. The monoisotopic (exact) mass is 278 g/mol. The molecule has 0 aliphatic carbocycles. The Morgan fingerprint density at radius 1 is 1.45 bits per heavy atom. The fourth-order valence-corrected chi connectivity index (χ4v) is 2.10. The number of carbonyl (C=O) groups excluding carboxylic acids is 2. The summed E-state index contributed by atoms with van der Waals surface area (Å²) in [5.74, 6) is -0.368. The van der Waals surface area contributed by atoms with E-state index in [1.54, 1.807) is 36.2 Å². The van der Waals surface area contributed by atoms with E-state index in [1.807, 2.05) is 0 Å². The van der Waals surface area contributed by atoms with Gasteiger partial charge < -0.3 is 20.1 Å². The van der Waals surface area contributed by atoms with Gasteiger partial charge in [-0.3, -0.25) is 9.59 Å². The minimum absolute atomic E-state index is 0.0756. The van der Waals surface area contributed by atoms with Gasteiger partial charge >= 0.3 is 0 Å². The fraction of sp³-hybridized carbons (Fsp3) is 0.429. The van der Waals surface area contributed by atoms with Crippen LogP contribution in [0.15, 0.2) is 24.3 Å². The molecule has 1 aliphatic rings. The molecule has 1 aromatic carbocycles. The predicted molar refractivity (Wildman–Crippen MR) is 72.4 cm³/mol. The summed E-state index contributed by atoms with van der Waals surface area (Å²) in [5.41, 5.74) is 5.47. The molecule has 0 radical (unpaired) electrons. The van der Waals surface area contributed by atoms with Crippen molar-refractivity contribution in [2.75, 3.05) is 26.9 Å². The molecule has 6 nitrogen and oxygen atoms in total. The first-order valence-electron chi connectivity index (χ1n) is 6.44. The molecule has 2 N–H and O–H groups in total. The zero-order chi connectivity index (χ0) is 14.5. The predicted octanol–water partition coefficient (Wildman–Crippen LogP) is 0.412. The highest BCUT2D eigenvalue weighted by atomic mass is 16.5. The van der Waals surface area contributed by atoms with Gasteiger partial charge in [-0.2, -0.15) is 0 Å². The van der Waals surface area contributed by atoms with Crippen molar-refractivity contribution in [3.8, 4) is 5.75 Å². The van der Waals surface area contributed by atoms with Crippen LogP contribution in [0.4, 0.5) is 0 Å². The molecule has 1 aliphatic heterocycles. The quantitative estimate of drug-likeness (QED) is 0.846. The Bertz CT molecular complexity index is 498. The summed E-state index contributed by atoms with van der Waals surface area (Å²) in [6, 6.07) is 6.89. The Morgan fingerprint density at radius 3 is 2.85 bits per heavy atom. The van der Waals surface area contributed by atoms with E-state index in [1.165, 1.54) is 0 Å². The molecule has 1 aromatic rings. The van der Waals surface area contributed by atoms with Crippen LogP contribution in [0.5, 0.6) is 5.75 Å². The van der Waals surface area contributed by atoms with Crippen LogP contribution in [0.3, 0.4) is 0 Å². The number of nitrogens with zero attached hydrogens (tertiary/aromatic N) is 1. The topological polar surface area (TPSA) is 81.9 Å². The van der Waals surface area contributed by atoms with Gasteiger partial charge in [-0.05, 0) is 18.6 Å². The SMILES string of the molecule is CN(C(=O)c1ccccc1OCC(N)=O)C1CCOC1. The third-order valence-electron chi connectivity index (χ3n) is 3.26. The number of nitrogens with two attached hydrogens (primary N) is 1. The number of carbonyl (C=O) groups is 2. The first-order chi connectivity index (χ1) is 9.59. The zero-order valence-electron chi connectivity index (χ0n) is 11.4. The average Bonchev–Trinajstić information content (AvgIpc) is 2.98. The number of ether oxygens (including phenoxy) is 2. The van der Waals surface area contributed by atoms with Gasteiger partial charge in [0.15, 0.2) is 6.61 Å². The molecule has 2 rings (SSSR count). The molecular formula is C14H18N2O4. The summed E-state index contributed by atoms with van der Waals surface area (Å²) in [4.78, 5) is 24.9. The number of hydrogen-bond donors (Lipinski definition) is 1. The van der Waals surface area contributed by atoms with Gasteiger partial charge in [-0.15, -0.1) is 0 Å². The Labute approximate surface area is 117 Å². The third kappa shape index (κ3) is 3.27. The third-order valence-corrected chi connectivity index (χ3v) is 3.26. The summed E-state index contributed by atoms with van der Waals surface area (Å²) in [6.45, 7) is 0.967. The van der Waals surface area contributed by atoms with E-state index in [0.29, 0.717) is 24.5 Å². The number of benzene rings is 1. The van der Waals surface area contributed by atoms with E-state index in [9.17, 15) is 9.59 Å². The number of likely N-dealkylation sites (N-methyl/N-ethyl adjacent to an activating group) is 1. The van der Waals surface area contributed by atoms with Crippen LogP contribution in [-0.4, -0.2) is 49.6 Å². The summed E-state index contributed by atoms with van der Waals surface area (Å²) in [5, 5.41) is 0. The van der Waals surface area contributed by atoms with Crippen molar-refractivity contribution in [1.29, 1.82) is 0 Å². The first-order valence-corrected chi connectivity index (χ1v) is 6.44. The Morgan fingerprint density at radius 2 is 2.20 bits per heavy atom. The lowest BCUT2D eigenvalue weighted by molar-refractivity contribution is -0.119. The van der Waals surface area contributed by atoms with Crippen LogP contribution in [0, 0.1) is 0 Å². The number of amides is 2. The second-order valence-electron chi connectivity index (χ2n) is 4.68. The smallest absolute Gasteiger partial charge is 0.257 e. The summed E-state index contributed by atoms with van der Waals surface area (Å²) in [7, 11) is 1.74. The summed E-state index contributed by atoms with van der Waals surface area (Å²) in [6.07, 6.45) is 0.826. The van der Waals surface area contributed by atoms with E-state index in [0.717, 1.165) is 6.42 Å². The Balaban J connectivity index is 2.13. The van der Waals surface area contributed by atoms with Crippen LogP contribution < -0.4 is 10.5 Å². The molecule has 1 heterocycles. The lowest BCUT2D eigenvalue weighted by Crippen LogP contribution is -2.37. The molecule has 0 saturated carbocycles. The van der Waals surface area contributed by atoms with Crippen molar-refractivity contribution in [2.24, 2.45) is 5.73 Å². The van der Waals surface area contributed by atoms with Crippen molar-refractivity contribution in [3.63, 3.8) is 0 Å². The van der Waals surface area contributed by atoms with Crippen LogP contribution in [-0.2, 0) is 9.53 Å². The number of hydrogen-bond acceptors (Lipinski definition) is 4. The molecule has 1 fully saturated rings. The van der Waals surface area contributed by atoms with Crippen LogP contribution in [0.1, 0.15) is 16.8 Å². The molecule has 6 heteroatoms. The van der Waals surface area contributed by atoms with Crippen molar-refractivity contribution in [3.05, 3.63) is 29.8 Å². The minimum atomic E-state index is -0.579. The molecular weight excluding hydrogens is 260 g/mol. The average molecular weight is 278 g/mol. The van der Waals surface area contributed by atoms with Crippen LogP contribution >= 0.6 is 0 Å². The van der Waals surface area contributed by atoms with Crippen molar-refractivity contribution < 1.29 is 19.1 Å². The van der Waals surface area contributed by atoms with Crippen LogP contribution in [0.2, 0.25) is 0 Å². The van der Waals surface area contributed by atoms with E-state index in [4.69, 9.17) is 15.2 Å². The van der Waals surface area contributed by atoms with E-state index >= 15 is 0 Å². The lowest BCUT2D eigenvalue weighted by Gasteiger charge is -2.24. The molecule has 1 saturated heterocycles. The fourth-order valence-electron chi connectivity index (χ4n) is 2.10. The molecule has 1 unspecified atom stereocenters. The standard InChI is InChI=1S/C14H18N2O4/c1-16(10-6-7-19-8-10)14(18)11-4-2-3-5-12(11)20-9-13(15)17/h2-5,10H,6-9H2,1H3,(H2,15,17). The van der Waals surface area contributed by atoms with Crippen molar-refractivity contribution >= 4 is 11.8 Å². The molecule has 20 heavy (non-hydrogen) atoms. The number of rotatable bonds is 5. The maximum atomic E-state index is 12.5. The lowest BCUT2D eigenvalue weighted by atomic mass is 10.1. The number of para-hydroxylation sites is 1. The van der Waals surface area contributed by atoms with Gasteiger partial charge in [-0.25, -0.2) is 0 Å². The van der Waals surface area contributed by atoms with Crippen molar-refractivity contribution in [1.82, 2.24) is 4.90 Å². The molecule has 0 aromatic heterocycles. The Kier molecular flexibility index (Phi) is 4.57. The minimum Gasteiger partial charge on any atom is -0.483 e. The van der Waals surface area contributed by atoms with Crippen molar-refractivity contribution in [2.45, 2.75) is 12.5 Å². The van der Waals surface area contributed by atoms with Gasteiger partial charge in [0.2, 0.25) is 0 Å². The molecule has 2 amide bonds. The maximum absolute atomic E-state index is 12.5. The number of primary amides is 1. The second-order valence-corrected chi connectivity index (χ2v) is 4.68. The van der Waals surface area contributed by atoms with E-state index in [2.05, 4.69) is 0 Å². The summed E-state index contributed by atoms with van der Waals surface area (Å²) < 4.78 is 10.6. The Hall–Kier alpha value is -2.08. The highest BCUT2D eigenvalue weighted by Crippen LogP contribution is 2.22. The van der Waals surface area contributed by atoms with E-state index in [-0.39, 0.29) is 18.6 Å². The van der Waals surface area contributed by atoms with Gasteiger partial charge in [0.05, 0.1) is 18.2 Å². The maximum Gasteiger partial charge on any atom is 0.257 e. The molecule has 108 valence electrons. The normalized spacial score (nSPS) is 17.8. The van der Waals surface area contributed by atoms with Gasteiger partial charge in [0, 0.05) is 13.7 Å². The van der Waals surface area contributed by atoms with Gasteiger partial charge in [0.25, 0.3) is 11.8 Å². The molecule has 0 bridgehead atoms. The van der Waals surface area contributed by atoms with Gasteiger partial charge in [-0.1, -0.05) is 12.1 Å². The van der Waals surface area contributed by atoms with E-state index < -0.39 is 5.91 Å². The molecule has 1 atom stereocenters. The highest BCUT2D eigenvalue weighted by Gasteiger charge is 2.26. The van der Waals surface area contributed by atoms with Crippen LogP contribution in [0.25, 0.3) is 0 Å². The summed E-state index contributed by atoms with van der Waals surface area (Å²) >= 11 is 0. The highest BCUT2D eigenvalue weighted by molar-refractivity contribution is 5.97.